The summed E-state index contributed by atoms with van der Waals surface area (Å²) in [6.45, 7) is 9.05. The predicted molar refractivity (Wildman–Crippen MR) is 72.5 cm³/mol. The van der Waals surface area contributed by atoms with Gasteiger partial charge in [-0.05, 0) is 32.9 Å². The van der Waals surface area contributed by atoms with Crippen molar-refractivity contribution in [1.82, 2.24) is 20.4 Å². The molecule has 5 heteroatoms. The first-order valence-electron chi connectivity index (χ1n) is 7.08. The minimum absolute atomic E-state index is 0.00577. The van der Waals surface area contributed by atoms with E-state index in [2.05, 4.69) is 27.5 Å². The lowest BCUT2D eigenvalue weighted by atomic mass is 10.1. The molecule has 104 valence electrons. The minimum atomic E-state index is 0.00577. The molecule has 0 aromatic heterocycles. The molecule has 2 unspecified atom stereocenters. The van der Waals surface area contributed by atoms with E-state index < -0.39 is 0 Å². The standard InChI is InChI=1S/C13H26N4O/c1-11(17-7-4-14-5-8-17)13(18)15-9-12-3-6-16(2)10-12/h11-12,14H,3-10H2,1-2H3,(H,15,18). The van der Waals surface area contributed by atoms with Gasteiger partial charge < -0.3 is 15.5 Å². The maximum Gasteiger partial charge on any atom is 0.237 e. The van der Waals surface area contributed by atoms with Gasteiger partial charge in [0.1, 0.15) is 0 Å². The van der Waals surface area contributed by atoms with Gasteiger partial charge in [0, 0.05) is 39.3 Å². The molecule has 0 radical (unpaired) electrons. The van der Waals surface area contributed by atoms with Crippen molar-refractivity contribution >= 4 is 5.91 Å². The summed E-state index contributed by atoms with van der Waals surface area (Å²) >= 11 is 0. The molecule has 0 aliphatic carbocycles. The molecule has 2 heterocycles. The van der Waals surface area contributed by atoms with Crippen molar-refractivity contribution in [2.45, 2.75) is 19.4 Å². The third-order valence-corrected chi connectivity index (χ3v) is 4.13. The van der Waals surface area contributed by atoms with Crippen molar-refractivity contribution in [1.29, 1.82) is 0 Å². The van der Waals surface area contributed by atoms with Crippen molar-refractivity contribution in [2.75, 3.05) is 52.9 Å². The van der Waals surface area contributed by atoms with Crippen LogP contribution in [0, 0.1) is 5.92 Å². The van der Waals surface area contributed by atoms with Crippen molar-refractivity contribution in [2.24, 2.45) is 5.92 Å². The van der Waals surface area contributed by atoms with E-state index in [1.807, 2.05) is 6.92 Å². The van der Waals surface area contributed by atoms with Crippen LogP contribution in [0.3, 0.4) is 0 Å². The monoisotopic (exact) mass is 254 g/mol. The van der Waals surface area contributed by atoms with Gasteiger partial charge in [-0.15, -0.1) is 0 Å². The lowest BCUT2D eigenvalue weighted by Gasteiger charge is -2.32. The molecule has 2 fully saturated rings. The number of likely N-dealkylation sites (tertiary alicyclic amines) is 1. The SMILES string of the molecule is CC(C(=O)NCC1CCN(C)C1)N1CCNCC1. The zero-order valence-electron chi connectivity index (χ0n) is 11.6. The highest BCUT2D eigenvalue weighted by Crippen LogP contribution is 2.13. The number of carbonyl (C=O) groups excluding carboxylic acids is 1. The first-order chi connectivity index (χ1) is 8.66. The van der Waals surface area contributed by atoms with E-state index >= 15 is 0 Å². The normalized spacial score (nSPS) is 28.2. The molecule has 5 nitrogen and oxygen atoms in total. The number of rotatable bonds is 4. The van der Waals surface area contributed by atoms with E-state index in [0.717, 1.165) is 45.8 Å². The van der Waals surface area contributed by atoms with Crippen LogP contribution < -0.4 is 10.6 Å². The summed E-state index contributed by atoms with van der Waals surface area (Å²) in [7, 11) is 2.14. The van der Waals surface area contributed by atoms with Crippen molar-refractivity contribution < 1.29 is 4.79 Å². The fourth-order valence-corrected chi connectivity index (χ4v) is 2.82. The van der Waals surface area contributed by atoms with Gasteiger partial charge in [-0.25, -0.2) is 0 Å². The van der Waals surface area contributed by atoms with E-state index in [1.54, 1.807) is 0 Å². The highest BCUT2D eigenvalue weighted by molar-refractivity contribution is 5.81. The molecule has 0 aromatic rings. The van der Waals surface area contributed by atoms with Gasteiger partial charge in [0.25, 0.3) is 0 Å². The fourth-order valence-electron chi connectivity index (χ4n) is 2.82. The second-order valence-electron chi connectivity index (χ2n) is 5.62. The first-order valence-corrected chi connectivity index (χ1v) is 7.08. The molecular formula is C13H26N4O. The number of piperazine rings is 1. The van der Waals surface area contributed by atoms with Gasteiger partial charge in [0.2, 0.25) is 5.91 Å². The first kappa shape index (κ1) is 13.8. The Balaban J connectivity index is 1.70. The number of nitrogens with one attached hydrogen (secondary N) is 2. The molecule has 0 saturated carbocycles. The van der Waals surface area contributed by atoms with Crippen LogP contribution in [0.2, 0.25) is 0 Å². The second kappa shape index (κ2) is 6.50. The Bertz CT molecular complexity index is 278. The van der Waals surface area contributed by atoms with Crippen molar-refractivity contribution in [3.05, 3.63) is 0 Å². The molecule has 0 spiro atoms. The third-order valence-electron chi connectivity index (χ3n) is 4.13. The number of nitrogens with zero attached hydrogens (tertiary/aromatic N) is 2. The number of carbonyl (C=O) groups is 1. The molecule has 1 amide bonds. The molecule has 2 aliphatic rings. The summed E-state index contributed by atoms with van der Waals surface area (Å²) in [5.74, 6) is 0.820. The van der Waals surface area contributed by atoms with Crippen LogP contribution in [0.1, 0.15) is 13.3 Å². The van der Waals surface area contributed by atoms with Crippen LogP contribution in [0.4, 0.5) is 0 Å². The Kier molecular flexibility index (Phi) is 4.97. The lowest BCUT2D eigenvalue weighted by molar-refractivity contribution is -0.126. The molecule has 0 bridgehead atoms. The van der Waals surface area contributed by atoms with E-state index in [4.69, 9.17) is 0 Å². The fraction of sp³-hybridized carbons (Fsp3) is 0.923. The molecule has 2 aliphatic heterocycles. The van der Waals surface area contributed by atoms with Crippen LogP contribution in [0.25, 0.3) is 0 Å². The highest BCUT2D eigenvalue weighted by atomic mass is 16.2. The second-order valence-corrected chi connectivity index (χ2v) is 5.62. The van der Waals surface area contributed by atoms with Crippen molar-refractivity contribution in [3.8, 4) is 0 Å². The molecule has 2 rings (SSSR count). The number of hydrogen-bond donors (Lipinski definition) is 2. The van der Waals surface area contributed by atoms with Gasteiger partial charge in [-0.3, -0.25) is 9.69 Å². The smallest absolute Gasteiger partial charge is 0.237 e. The number of amides is 1. The topological polar surface area (TPSA) is 47.6 Å². The zero-order chi connectivity index (χ0) is 13.0. The van der Waals surface area contributed by atoms with E-state index in [0.29, 0.717) is 5.92 Å². The molecule has 2 atom stereocenters. The van der Waals surface area contributed by atoms with Gasteiger partial charge in [-0.1, -0.05) is 0 Å². The number of hydrogen-bond acceptors (Lipinski definition) is 4. The minimum Gasteiger partial charge on any atom is -0.354 e. The Morgan fingerprint density at radius 1 is 1.39 bits per heavy atom. The van der Waals surface area contributed by atoms with Gasteiger partial charge in [0.15, 0.2) is 0 Å². The van der Waals surface area contributed by atoms with E-state index in [1.165, 1.54) is 6.42 Å². The average molecular weight is 254 g/mol. The van der Waals surface area contributed by atoms with E-state index in [-0.39, 0.29) is 11.9 Å². The summed E-state index contributed by atoms with van der Waals surface area (Å²) in [5, 5.41) is 6.43. The zero-order valence-corrected chi connectivity index (χ0v) is 11.6. The maximum atomic E-state index is 12.1. The largest absolute Gasteiger partial charge is 0.354 e. The van der Waals surface area contributed by atoms with Gasteiger partial charge in [-0.2, -0.15) is 0 Å². The summed E-state index contributed by atoms with van der Waals surface area (Å²) in [6.07, 6.45) is 1.21. The Morgan fingerprint density at radius 2 is 2.11 bits per heavy atom. The third kappa shape index (κ3) is 3.67. The average Bonchev–Trinajstić information content (AvgIpc) is 2.82. The lowest BCUT2D eigenvalue weighted by Crippen LogP contribution is -2.53. The summed E-state index contributed by atoms with van der Waals surface area (Å²) in [6, 6.07) is 0.00577. The van der Waals surface area contributed by atoms with Crippen LogP contribution in [-0.4, -0.2) is 74.6 Å². The van der Waals surface area contributed by atoms with Crippen LogP contribution in [0.5, 0.6) is 0 Å². The van der Waals surface area contributed by atoms with Gasteiger partial charge in [0.05, 0.1) is 6.04 Å². The Morgan fingerprint density at radius 3 is 2.72 bits per heavy atom. The highest BCUT2D eigenvalue weighted by Gasteiger charge is 2.24. The molecule has 18 heavy (non-hydrogen) atoms. The molecule has 2 N–H and O–H groups in total. The quantitative estimate of drug-likeness (QED) is 0.700. The van der Waals surface area contributed by atoms with Crippen molar-refractivity contribution in [3.63, 3.8) is 0 Å². The molecular weight excluding hydrogens is 228 g/mol. The summed E-state index contributed by atoms with van der Waals surface area (Å²) in [4.78, 5) is 16.7. The maximum absolute atomic E-state index is 12.1. The predicted octanol–water partition coefficient (Wildman–Crippen LogP) is -0.652. The summed E-state index contributed by atoms with van der Waals surface area (Å²) < 4.78 is 0. The molecule has 0 aromatic carbocycles. The van der Waals surface area contributed by atoms with E-state index in [9.17, 15) is 4.79 Å². The van der Waals surface area contributed by atoms with Crippen LogP contribution in [-0.2, 0) is 4.79 Å². The van der Waals surface area contributed by atoms with Crippen LogP contribution in [0.15, 0.2) is 0 Å². The van der Waals surface area contributed by atoms with Crippen LogP contribution >= 0.6 is 0 Å². The Labute approximate surface area is 110 Å². The molecule has 2 saturated heterocycles. The van der Waals surface area contributed by atoms with Gasteiger partial charge >= 0.3 is 0 Å². The summed E-state index contributed by atoms with van der Waals surface area (Å²) in [5.41, 5.74) is 0. The Hall–Kier alpha value is -0.650.